The number of thioether (sulfide) groups is 1. The molecule has 3 aromatic rings. The van der Waals surface area contributed by atoms with E-state index in [-0.39, 0.29) is 72.3 Å². The van der Waals surface area contributed by atoms with Gasteiger partial charge in [0.05, 0.1) is 2.74 Å². The van der Waals surface area contributed by atoms with Crippen LogP contribution < -0.4 is 0 Å². The molecule has 5 rings (SSSR count). The van der Waals surface area contributed by atoms with Crippen LogP contribution in [0.25, 0.3) is 16.6 Å². The standard InChI is InChI=1S/C17H16N2S.C13H12N.Ir/c1-4-13-14-9-8-11(2)19-17(14)20-16(13)12(3)15-7-5-6-10-18-15;1-10-3-6-12(7-4-10)13-8-5-11(2)9-14-13;/h3-9,13,16H,1,10H2,2H3;3-6,8-9H,1-2H3;/q-2;-1;+3/i2D3,5D,6D,7D,10D;1D3,2D3;. The fourth-order valence-corrected chi connectivity index (χ4v) is 4.71. The molecule has 0 N–H and O–H groups in total. The van der Waals surface area contributed by atoms with E-state index in [2.05, 4.69) is 27.9 Å². The van der Waals surface area contributed by atoms with Crippen LogP contribution >= 0.6 is 11.8 Å². The normalized spacial score (nSPS) is 27.1. The van der Waals surface area contributed by atoms with Crippen LogP contribution in [0.2, 0.25) is 0 Å². The summed E-state index contributed by atoms with van der Waals surface area (Å²) in [4.78, 5) is 8.31. The van der Waals surface area contributed by atoms with E-state index in [9.17, 15) is 0 Å². The number of hydrogen-bond donors (Lipinski definition) is 0. The van der Waals surface area contributed by atoms with E-state index in [1.165, 1.54) is 42.2 Å². The van der Waals surface area contributed by atoms with Gasteiger partial charge in [-0.2, -0.15) is 6.05 Å². The summed E-state index contributed by atoms with van der Waals surface area (Å²) in [6.45, 7) is 2.14. The molecule has 2 aliphatic rings. The largest absolute Gasteiger partial charge is 3.00 e. The van der Waals surface area contributed by atoms with E-state index in [0.29, 0.717) is 16.3 Å². The summed E-state index contributed by atoms with van der Waals surface area (Å²) in [5.74, 6) is -0.279. The molecule has 0 saturated heterocycles. The third-order valence-corrected chi connectivity index (χ3v) is 6.36. The molecular weight excluding hydrogens is 627 g/mol. The maximum Gasteiger partial charge on any atom is 3.00 e. The summed E-state index contributed by atoms with van der Waals surface area (Å²) in [7, 11) is 0. The molecule has 3 atom stereocenters. The van der Waals surface area contributed by atoms with Gasteiger partial charge < -0.3 is 16.0 Å². The summed E-state index contributed by atoms with van der Waals surface area (Å²) in [5, 5.41) is 4.08. The molecule has 5 heteroatoms. The molecule has 178 valence electrons. The van der Waals surface area contributed by atoms with Crippen molar-refractivity contribution in [3.8, 4) is 11.3 Å². The van der Waals surface area contributed by atoms with Gasteiger partial charge in [0.25, 0.3) is 0 Å². The molecular formula is C30H28IrN3S. The summed E-state index contributed by atoms with van der Waals surface area (Å²) in [6.07, 6.45) is 2.97. The Bertz CT molecular complexity index is 1670. The Kier molecular flexibility index (Phi) is 4.97. The SMILES string of the molecule is [2H]C([2H])([2H])c1c[c-]c(-c2ccc(C([2H])([2H])[2H])cn2)cc1.[2H]C1=C(C(=[CH-])C2Sc3nc(C([2H])([2H])[2H])ccc3C2C=C)[N-]C([2H])C([2H])=C1[2H].[Ir+3]. The van der Waals surface area contributed by atoms with Gasteiger partial charge in [-0.05, 0) is 36.6 Å². The van der Waals surface area contributed by atoms with Crippen molar-refractivity contribution in [1.82, 2.24) is 9.97 Å². The summed E-state index contributed by atoms with van der Waals surface area (Å²) in [6, 6.07) is 12.6. The molecule has 3 nitrogen and oxygen atoms in total. The van der Waals surface area contributed by atoms with Crippen molar-refractivity contribution < 1.29 is 37.9 Å². The van der Waals surface area contributed by atoms with Crippen LogP contribution in [-0.2, 0) is 20.1 Å². The minimum Gasteiger partial charge on any atom is -0.766 e. The van der Waals surface area contributed by atoms with Gasteiger partial charge in [0.2, 0.25) is 0 Å². The number of fused-ring (bicyclic) bond motifs is 1. The van der Waals surface area contributed by atoms with E-state index in [0.717, 1.165) is 5.56 Å². The van der Waals surface area contributed by atoms with Crippen LogP contribution in [0.1, 0.15) is 46.1 Å². The number of benzene rings is 1. The molecule has 35 heavy (non-hydrogen) atoms. The fourth-order valence-electron chi connectivity index (χ4n) is 3.34. The molecule has 0 bridgehead atoms. The molecule has 0 amide bonds. The molecule has 2 aliphatic heterocycles. The van der Waals surface area contributed by atoms with Gasteiger partial charge in [0.15, 0.2) is 0 Å². The van der Waals surface area contributed by atoms with Crippen molar-refractivity contribution in [2.75, 3.05) is 6.52 Å². The smallest absolute Gasteiger partial charge is 0.766 e. The van der Waals surface area contributed by atoms with Gasteiger partial charge >= 0.3 is 20.1 Å². The molecule has 4 heterocycles. The van der Waals surface area contributed by atoms with Crippen molar-refractivity contribution in [2.24, 2.45) is 0 Å². The number of hydrogen-bond acceptors (Lipinski definition) is 3. The number of rotatable bonds is 4. The Labute approximate surface area is 245 Å². The molecule has 3 unspecified atom stereocenters. The Morgan fingerprint density at radius 3 is 2.80 bits per heavy atom. The van der Waals surface area contributed by atoms with Gasteiger partial charge in [-0.15, -0.1) is 66.3 Å². The van der Waals surface area contributed by atoms with Crippen LogP contribution in [0.5, 0.6) is 0 Å². The number of nitrogens with zero attached hydrogens (tertiary/aromatic N) is 3. The van der Waals surface area contributed by atoms with Crippen LogP contribution in [0, 0.1) is 33.2 Å². The summed E-state index contributed by atoms with van der Waals surface area (Å²) >= 11 is 1.25. The van der Waals surface area contributed by atoms with E-state index >= 15 is 0 Å². The molecule has 0 fully saturated rings. The Balaban J connectivity index is 0.000000266. The third kappa shape index (κ3) is 6.49. The van der Waals surface area contributed by atoms with E-state index < -0.39 is 32.3 Å². The summed E-state index contributed by atoms with van der Waals surface area (Å²) in [5.41, 5.74) is 2.53. The predicted molar refractivity (Wildman–Crippen MR) is 143 cm³/mol. The molecule has 0 radical (unpaired) electrons. The summed E-state index contributed by atoms with van der Waals surface area (Å²) < 4.78 is 97.5. The van der Waals surface area contributed by atoms with Gasteiger partial charge in [-0.3, -0.25) is 6.58 Å². The van der Waals surface area contributed by atoms with E-state index in [4.69, 9.17) is 24.4 Å². The molecule has 0 spiro atoms. The number of aryl methyl sites for hydroxylation is 3. The first-order valence-corrected chi connectivity index (χ1v) is 11.1. The van der Waals surface area contributed by atoms with Crippen LogP contribution in [0.15, 0.2) is 95.8 Å². The van der Waals surface area contributed by atoms with Gasteiger partial charge in [-0.1, -0.05) is 37.2 Å². The fraction of sp³-hybridized carbons (Fsp3) is 0.200. The molecule has 2 aromatic heterocycles. The van der Waals surface area contributed by atoms with Crippen molar-refractivity contribution in [2.45, 2.75) is 36.7 Å². The van der Waals surface area contributed by atoms with Gasteiger partial charge in [-0.25, -0.2) is 10.6 Å². The average molecular weight is 668 g/mol. The number of pyridine rings is 2. The zero-order valence-electron chi connectivity index (χ0n) is 31.3. The number of allylic oxidation sites excluding steroid dienone is 4. The Hall–Kier alpha value is -2.72. The van der Waals surface area contributed by atoms with Crippen molar-refractivity contribution in [1.29, 1.82) is 0 Å². The van der Waals surface area contributed by atoms with E-state index in [1.807, 2.05) is 0 Å². The topological polar surface area (TPSA) is 39.9 Å². The Morgan fingerprint density at radius 2 is 2.11 bits per heavy atom. The Morgan fingerprint density at radius 1 is 1.26 bits per heavy atom. The monoisotopic (exact) mass is 668 g/mol. The molecule has 0 aliphatic carbocycles. The van der Waals surface area contributed by atoms with Gasteiger partial charge in [0, 0.05) is 38.1 Å². The van der Waals surface area contributed by atoms with Crippen molar-refractivity contribution in [3.63, 3.8) is 0 Å². The zero-order chi connectivity index (χ0) is 35.1. The first kappa shape index (κ1) is 14.1. The maximum atomic E-state index is 8.06. The minimum atomic E-state index is -2.32. The first-order valence-electron chi connectivity index (χ1n) is 16.8. The van der Waals surface area contributed by atoms with Crippen LogP contribution in [0.4, 0.5) is 0 Å². The molecule has 0 saturated carbocycles. The third-order valence-electron chi connectivity index (χ3n) is 5.01. The van der Waals surface area contributed by atoms with E-state index in [1.54, 1.807) is 24.3 Å². The molecule has 1 aromatic carbocycles. The van der Waals surface area contributed by atoms with Crippen molar-refractivity contribution >= 4 is 11.8 Å². The second-order valence-corrected chi connectivity index (χ2v) is 8.40. The second kappa shape index (κ2) is 12.3. The quantitative estimate of drug-likeness (QED) is 0.214. The predicted octanol–water partition coefficient (Wildman–Crippen LogP) is 7.48. The maximum absolute atomic E-state index is 8.06. The first-order chi connectivity index (χ1) is 21.7. The average Bonchev–Trinajstić information content (AvgIpc) is 3.39. The van der Waals surface area contributed by atoms with Crippen LogP contribution in [-0.4, -0.2) is 21.7 Å². The number of aromatic nitrogens is 2. The second-order valence-electron chi connectivity index (χ2n) is 7.27. The minimum absolute atomic E-state index is 0. The van der Waals surface area contributed by atoms with Crippen LogP contribution in [0.3, 0.4) is 0 Å². The van der Waals surface area contributed by atoms with Gasteiger partial charge in [0.1, 0.15) is 5.03 Å². The zero-order valence-corrected chi connectivity index (χ0v) is 21.5. The van der Waals surface area contributed by atoms with Crippen molar-refractivity contribution in [3.05, 3.63) is 131 Å².